The van der Waals surface area contributed by atoms with E-state index >= 15 is 0 Å². The largest absolute Gasteiger partial charge is 0.393 e. The van der Waals surface area contributed by atoms with Crippen LogP contribution in [0, 0.1) is 11.8 Å². The molecule has 116 valence electrons. The van der Waals surface area contributed by atoms with E-state index in [1.807, 2.05) is 18.1 Å². The number of aromatic nitrogens is 2. The van der Waals surface area contributed by atoms with Gasteiger partial charge in [0, 0.05) is 37.7 Å². The summed E-state index contributed by atoms with van der Waals surface area (Å²) in [5.74, 6) is 0.803. The molecule has 1 amide bonds. The minimum Gasteiger partial charge on any atom is -0.393 e. The number of aliphatic hydroxyl groups excluding tert-OH is 1. The van der Waals surface area contributed by atoms with Gasteiger partial charge in [-0.1, -0.05) is 20.8 Å². The van der Waals surface area contributed by atoms with Crippen molar-refractivity contribution >= 4 is 5.91 Å². The summed E-state index contributed by atoms with van der Waals surface area (Å²) in [5, 5.41) is 14.5. The Morgan fingerprint density at radius 2 is 2.05 bits per heavy atom. The van der Waals surface area contributed by atoms with Gasteiger partial charge in [0.25, 0.3) is 5.91 Å². The fourth-order valence-electron chi connectivity index (χ4n) is 3.77. The molecule has 5 heteroatoms. The zero-order chi connectivity index (χ0) is 15.4. The van der Waals surface area contributed by atoms with Gasteiger partial charge in [0.1, 0.15) is 0 Å². The lowest BCUT2D eigenvalue weighted by atomic mass is 9.89. The van der Waals surface area contributed by atoms with Gasteiger partial charge in [-0.25, -0.2) is 0 Å². The maximum absolute atomic E-state index is 12.9. The Morgan fingerprint density at radius 3 is 2.67 bits per heavy atom. The van der Waals surface area contributed by atoms with Gasteiger partial charge in [0.05, 0.1) is 17.4 Å². The van der Waals surface area contributed by atoms with Gasteiger partial charge in [-0.2, -0.15) is 5.10 Å². The lowest BCUT2D eigenvalue weighted by Crippen LogP contribution is -2.32. The predicted octanol–water partition coefficient (Wildman–Crippen LogP) is 1.56. The predicted molar refractivity (Wildman–Crippen MR) is 80.0 cm³/mol. The molecule has 0 bridgehead atoms. The summed E-state index contributed by atoms with van der Waals surface area (Å²) in [6, 6.07) is 0. The Morgan fingerprint density at radius 1 is 1.33 bits per heavy atom. The normalized spacial score (nSPS) is 29.0. The molecule has 0 aromatic carbocycles. The SMILES string of the molecule is Cn1cc(C(=O)N2CC3CCC(O)C3C2)c(C(C)(C)C)n1. The van der Waals surface area contributed by atoms with Gasteiger partial charge >= 0.3 is 0 Å². The molecular formula is C16H25N3O2. The van der Waals surface area contributed by atoms with E-state index in [0.29, 0.717) is 18.0 Å². The van der Waals surface area contributed by atoms with Crippen LogP contribution in [-0.4, -0.2) is 44.9 Å². The number of fused-ring (bicyclic) bond motifs is 1. The molecule has 1 aliphatic carbocycles. The molecule has 1 aromatic heterocycles. The van der Waals surface area contributed by atoms with Crippen LogP contribution < -0.4 is 0 Å². The molecule has 3 atom stereocenters. The van der Waals surface area contributed by atoms with E-state index in [4.69, 9.17) is 0 Å². The highest BCUT2D eigenvalue weighted by Gasteiger charge is 2.44. The number of likely N-dealkylation sites (tertiary alicyclic amines) is 1. The maximum Gasteiger partial charge on any atom is 0.257 e. The van der Waals surface area contributed by atoms with Crippen molar-refractivity contribution in [3.05, 3.63) is 17.5 Å². The van der Waals surface area contributed by atoms with Crippen molar-refractivity contribution in [3.63, 3.8) is 0 Å². The van der Waals surface area contributed by atoms with Crippen LogP contribution in [0.1, 0.15) is 49.7 Å². The fourth-order valence-corrected chi connectivity index (χ4v) is 3.77. The number of rotatable bonds is 1. The third-order valence-electron chi connectivity index (χ3n) is 4.88. The van der Waals surface area contributed by atoms with Crippen LogP contribution in [-0.2, 0) is 12.5 Å². The van der Waals surface area contributed by atoms with Crippen molar-refractivity contribution in [2.45, 2.75) is 45.1 Å². The first kappa shape index (κ1) is 14.6. The Hall–Kier alpha value is -1.36. The van der Waals surface area contributed by atoms with Crippen LogP contribution in [0.15, 0.2) is 6.20 Å². The topological polar surface area (TPSA) is 58.4 Å². The molecule has 0 spiro atoms. The molecule has 2 aliphatic rings. The van der Waals surface area contributed by atoms with Crippen molar-refractivity contribution in [1.82, 2.24) is 14.7 Å². The standard InChI is InChI=1S/C16H25N3O2/c1-16(2,3)14-12(8-18(4)17-14)15(21)19-7-10-5-6-13(20)11(10)9-19/h8,10-11,13,20H,5-7,9H2,1-4H3. The molecule has 1 saturated carbocycles. The van der Waals surface area contributed by atoms with Crippen molar-refractivity contribution in [2.24, 2.45) is 18.9 Å². The van der Waals surface area contributed by atoms with Crippen molar-refractivity contribution in [1.29, 1.82) is 0 Å². The monoisotopic (exact) mass is 291 g/mol. The lowest BCUT2D eigenvalue weighted by molar-refractivity contribution is 0.0750. The first-order valence-corrected chi connectivity index (χ1v) is 7.79. The van der Waals surface area contributed by atoms with E-state index in [2.05, 4.69) is 25.9 Å². The molecule has 1 N–H and O–H groups in total. The molecule has 21 heavy (non-hydrogen) atoms. The van der Waals surface area contributed by atoms with Crippen LogP contribution in [0.5, 0.6) is 0 Å². The number of aliphatic hydroxyl groups is 1. The second kappa shape index (κ2) is 4.83. The first-order valence-electron chi connectivity index (χ1n) is 7.79. The maximum atomic E-state index is 12.9. The molecule has 3 rings (SSSR count). The number of carbonyl (C=O) groups is 1. The lowest BCUT2D eigenvalue weighted by Gasteiger charge is -2.21. The van der Waals surface area contributed by atoms with Crippen LogP contribution in [0.25, 0.3) is 0 Å². The molecule has 0 radical (unpaired) electrons. The van der Waals surface area contributed by atoms with E-state index in [1.54, 1.807) is 4.68 Å². The smallest absolute Gasteiger partial charge is 0.257 e. The van der Waals surface area contributed by atoms with Gasteiger partial charge in [-0.05, 0) is 18.8 Å². The second-order valence-corrected chi connectivity index (χ2v) is 7.59. The van der Waals surface area contributed by atoms with Gasteiger partial charge in [0.2, 0.25) is 0 Å². The van der Waals surface area contributed by atoms with Gasteiger partial charge < -0.3 is 10.0 Å². The van der Waals surface area contributed by atoms with Crippen molar-refractivity contribution < 1.29 is 9.90 Å². The van der Waals surface area contributed by atoms with E-state index in [0.717, 1.165) is 25.1 Å². The molecule has 3 unspecified atom stereocenters. The van der Waals surface area contributed by atoms with E-state index < -0.39 is 0 Å². The van der Waals surface area contributed by atoms with Crippen LogP contribution >= 0.6 is 0 Å². The summed E-state index contributed by atoms with van der Waals surface area (Å²) in [6.07, 6.45) is 3.52. The highest BCUT2D eigenvalue weighted by atomic mass is 16.3. The highest BCUT2D eigenvalue weighted by molar-refractivity contribution is 5.95. The molecule has 5 nitrogen and oxygen atoms in total. The number of hydrogen-bond acceptors (Lipinski definition) is 3. The summed E-state index contributed by atoms with van der Waals surface area (Å²) in [7, 11) is 1.86. The van der Waals surface area contributed by atoms with Gasteiger partial charge in [-0.3, -0.25) is 9.48 Å². The highest BCUT2D eigenvalue weighted by Crippen LogP contribution is 2.39. The van der Waals surface area contributed by atoms with Gasteiger partial charge in [-0.15, -0.1) is 0 Å². The molecule has 2 fully saturated rings. The quantitative estimate of drug-likeness (QED) is 0.854. The number of carbonyl (C=O) groups excluding carboxylic acids is 1. The molecule has 2 heterocycles. The average Bonchev–Trinajstić information content (AvgIpc) is 3.04. The van der Waals surface area contributed by atoms with Crippen LogP contribution in [0.4, 0.5) is 0 Å². The summed E-state index contributed by atoms with van der Waals surface area (Å²) in [5.41, 5.74) is 1.41. The van der Waals surface area contributed by atoms with E-state index in [1.165, 1.54) is 0 Å². The van der Waals surface area contributed by atoms with Gasteiger partial charge in [0.15, 0.2) is 0 Å². The summed E-state index contributed by atoms with van der Waals surface area (Å²) >= 11 is 0. The zero-order valence-corrected chi connectivity index (χ0v) is 13.3. The van der Waals surface area contributed by atoms with Crippen LogP contribution in [0.3, 0.4) is 0 Å². The fraction of sp³-hybridized carbons (Fsp3) is 0.750. The number of amides is 1. The number of hydrogen-bond donors (Lipinski definition) is 1. The zero-order valence-electron chi connectivity index (χ0n) is 13.3. The minimum atomic E-state index is -0.233. The number of nitrogens with zero attached hydrogens (tertiary/aromatic N) is 3. The summed E-state index contributed by atoms with van der Waals surface area (Å²) in [6.45, 7) is 7.69. The van der Waals surface area contributed by atoms with Crippen molar-refractivity contribution in [3.8, 4) is 0 Å². The Balaban J connectivity index is 1.84. The second-order valence-electron chi connectivity index (χ2n) is 7.59. The Kier molecular flexibility index (Phi) is 3.35. The van der Waals surface area contributed by atoms with Crippen LogP contribution in [0.2, 0.25) is 0 Å². The van der Waals surface area contributed by atoms with E-state index in [9.17, 15) is 9.90 Å². The molecular weight excluding hydrogens is 266 g/mol. The summed E-state index contributed by atoms with van der Waals surface area (Å²) < 4.78 is 1.72. The third kappa shape index (κ3) is 2.48. The Bertz CT molecular complexity index is 558. The Labute approximate surface area is 125 Å². The first-order chi connectivity index (χ1) is 9.77. The number of aryl methyl sites for hydroxylation is 1. The average molecular weight is 291 g/mol. The molecule has 1 aliphatic heterocycles. The molecule has 1 saturated heterocycles. The van der Waals surface area contributed by atoms with Crippen molar-refractivity contribution in [2.75, 3.05) is 13.1 Å². The third-order valence-corrected chi connectivity index (χ3v) is 4.88. The molecule has 1 aromatic rings. The van der Waals surface area contributed by atoms with E-state index in [-0.39, 0.29) is 23.3 Å². The summed E-state index contributed by atoms with van der Waals surface area (Å²) in [4.78, 5) is 14.8. The minimum absolute atomic E-state index is 0.0645.